The third-order valence-corrected chi connectivity index (χ3v) is 4.04. The second-order valence-electron chi connectivity index (χ2n) is 6.12. The molecule has 1 aliphatic rings. The van der Waals surface area contributed by atoms with Crippen molar-refractivity contribution in [1.29, 1.82) is 0 Å². The van der Waals surface area contributed by atoms with E-state index in [9.17, 15) is 0 Å². The van der Waals surface area contributed by atoms with Crippen molar-refractivity contribution in [2.75, 3.05) is 26.4 Å². The highest BCUT2D eigenvalue weighted by Gasteiger charge is 2.11. The molecule has 21 heavy (non-hydrogen) atoms. The van der Waals surface area contributed by atoms with E-state index in [0.717, 1.165) is 18.8 Å². The minimum atomic E-state index is 0.535. The van der Waals surface area contributed by atoms with Crippen LogP contribution < -0.4 is 10.1 Å². The molecule has 1 atom stereocenters. The number of hydrogen-bond donors (Lipinski definition) is 1. The van der Waals surface area contributed by atoms with Gasteiger partial charge in [0.05, 0.1) is 6.61 Å². The van der Waals surface area contributed by atoms with E-state index in [0.29, 0.717) is 25.2 Å². The molecule has 1 saturated heterocycles. The molecule has 1 aliphatic heterocycles. The van der Waals surface area contributed by atoms with Crippen LogP contribution in [0.25, 0.3) is 0 Å². The van der Waals surface area contributed by atoms with E-state index in [2.05, 4.69) is 37.4 Å². The van der Waals surface area contributed by atoms with Crippen LogP contribution in [-0.2, 0) is 4.74 Å². The molecule has 0 aromatic heterocycles. The van der Waals surface area contributed by atoms with Crippen LogP contribution in [0, 0.1) is 0 Å². The van der Waals surface area contributed by atoms with E-state index in [1.54, 1.807) is 0 Å². The maximum Gasteiger partial charge on any atom is 0.119 e. The number of nitrogens with one attached hydrogen (secondary N) is 1. The largest absolute Gasteiger partial charge is 0.491 e. The van der Waals surface area contributed by atoms with Crippen LogP contribution in [0.5, 0.6) is 5.75 Å². The van der Waals surface area contributed by atoms with Crippen molar-refractivity contribution in [1.82, 2.24) is 5.32 Å². The Morgan fingerprint density at radius 3 is 2.86 bits per heavy atom. The number of hydrogen-bond acceptors (Lipinski definition) is 3. The smallest absolute Gasteiger partial charge is 0.119 e. The molecule has 0 amide bonds. The molecule has 0 spiro atoms. The van der Waals surface area contributed by atoms with E-state index in [1.165, 1.54) is 31.4 Å². The summed E-state index contributed by atoms with van der Waals surface area (Å²) in [4.78, 5) is 0. The molecular formula is C18H29NO2. The summed E-state index contributed by atoms with van der Waals surface area (Å²) in [6, 6.07) is 8.99. The molecule has 3 nitrogen and oxygen atoms in total. The van der Waals surface area contributed by atoms with Crippen LogP contribution >= 0.6 is 0 Å². The van der Waals surface area contributed by atoms with Gasteiger partial charge >= 0.3 is 0 Å². The average Bonchev–Trinajstić information content (AvgIpc) is 2.52. The minimum Gasteiger partial charge on any atom is -0.491 e. The number of piperidine rings is 1. The molecule has 2 rings (SSSR count). The lowest BCUT2D eigenvalue weighted by Crippen LogP contribution is -2.34. The summed E-state index contributed by atoms with van der Waals surface area (Å²) in [7, 11) is 0. The van der Waals surface area contributed by atoms with Crippen molar-refractivity contribution in [3.05, 3.63) is 29.8 Å². The highest BCUT2D eigenvalue weighted by atomic mass is 16.5. The normalized spacial score (nSPS) is 18.9. The number of ether oxygens (including phenoxy) is 2. The maximum atomic E-state index is 5.75. The second-order valence-corrected chi connectivity index (χ2v) is 6.12. The lowest BCUT2D eigenvalue weighted by atomic mass is 10.0. The molecule has 1 fully saturated rings. The fourth-order valence-electron chi connectivity index (χ4n) is 2.68. The van der Waals surface area contributed by atoms with Crippen LogP contribution in [0.15, 0.2) is 24.3 Å². The Hall–Kier alpha value is -1.06. The lowest BCUT2D eigenvalue weighted by Gasteiger charge is -2.23. The van der Waals surface area contributed by atoms with Gasteiger partial charge in [0, 0.05) is 12.6 Å². The fraction of sp³-hybridized carbons (Fsp3) is 0.667. The predicted octanol–water partition coefficient (Wildman–Crippen LogP) is 3.74. The third-order valence-electron chi connectivity index (χ3n) is 4.04. The Kier molecular flexibility index (Phi) is 7.04. The van der Waals surface area contributed by atoms with Gasteiger partial charge in [-0.3, -0.25) is 0 Å². The molecule has 1 unspecified atom stereocenters. The molecular weight excluding hydrogens is 262 g/mol. The van der Waals surface area contributed by atoms with Crippen LogP contribution in [0.3, 0.4) is 0 Å². The van der Waals surface area contributed by atoms with Gasteiger partial charge in [-0.1, -0.05) is 32.4 Å². The summed E-state index contributed by atoms with van der Waals surface area (Å²) in [5, 5.41) is 3.54. The molecule has 0 aliphatic carbocycles. The number of rotatable bonds is 8. The van der Waals surface area contributed by atoms with E-state index in [4.69, 9.17) is 9.47 Å². The lowest BCUT2D eigenvalue weighted by molar-refractivity contribution is 0.0910. The highest BCUT2D eigenvalue weighted by molar-refractivity contribution is 5.30. The Morgan fingerprint density at radius 2 is 2.10 bits per heavy atom. The Morgan fingerprint density at radius 1 is 1.19 bits per heavy atom. The summed E-state index contributed by atoms with van der Waals surface area (Å²) in [6.07, 6.45) is 5.08. The topological polar surface area (TPSA) is 30.5 Å². The van der Waals surface area contributed by atoms with Crippen LogP contribution in [-0.4, -0.2) is 32.4 Å². The highest BCUT2D eigenvalue weighted by Crippen LogP contribution is 2.20. The van der Waals surface area contributed by atoms with Crippen molar-refractivity contribution in [2.24, 2.45) is 0 Å². The Bertz CT molecular complexity index is 400. The van der Waals surface area contributed by atoms with Crippen molar-refractivity contribution < 1.29 is 9.47 Å². The first-order valence-electron chi connectivity index (χ1n) is 8.29. The van der Waals surface area contributed by atoms with Gasteiger partial charge in [0.25, 0.3) is 0 Å². The zero-order valence-electron chi connectivity index (χ0n) is 13.4. The fourth-order valence-corrected chi connectivity index (χ4v) is 2.68. The Labute approximate surface area is 129 Å². The van der Waals surface area contributed by atoms with Gasteiger partial charge in [-0.25, -0.2) is 0 Å². The van der Waals surface area contributed by atoms with E-state index < -0.39 is 0 Å². The molecule has 118 valence electrons. The van der Waals surface area contributed by atoms with Gasteiger partial charge in [-0.2, -0.15) is 0 Å². The van der Waals surface area contributed by atoms with Crippen LogP contribution in [0.2, 0.25) is 0 Å². The van der Waals surface area contributed by atoms with E-state index in [-0.39, 0.29) is 0 Å². The van der Waals surface area contributed by atoms with Crippen molar-refractivity contribution in [2.45, 2.75) is 51.5 Å². The molecule has 1 aromatic carbocycles. The van der Waals surface area contributed by atoms with E-state index in [1.807, 2.05) is 6.07 Å². The monoisotopic (exact) mass is 291 g/mol. The quantitative estimate of drug-likeness (QED) is 0.740. The van der Waals surface area contributed by atoms with Crippen molar-refractivity contribution >= 4 is 0 Å². The number of benzene rings is 1. The zero-order chi connectivity index (χ0) is 14.9. The molecule has 0 saturated carbocycles. The summed E-state index contributed by atoms with van der Waals surface area (Å²) >= 11 is 0. The molecule has 1 heterocycles. The average molecular weight is 291 g/mol. The summed E-state index contributed by atoms with van der Waals surface area (Å²) in [5.74, 6) is 1.48. The molecule has 3 heteroatoms. The van der Waals surface area contributed by atoms with Crippen molar-refractivity contribution in [3.8, 4) is 5.75 Å². The van der Waals surface area contributed by atoms with Gasteiger partial charge in [0.15, 0.2) is 0 Å². The summed E-state index contributed by atoms with van der Waals surface area (Å²) in [5.41, 5.74) is 1.32. The molecule has 0 bridgehead atoms. The SMILES string of the molecule is CC(C)c1cccc(OCCOCCC2CCCCN2)c1. The first-order chi connectivity index (χ1) is 10.3. The van der Waals surface area contributed by atoms with Crippen LogP contribution in [0.4, 0.5) is 0 Å². The van der Waals surface area contributed by atoms with Crippen molar-refractivity contribution in [3.63, 3.8) is 0 Å². The first kappa shape index (κ1) is 16.3. The zero-order valence-corrected chi connectivity index (χ0v) is 13.4. The first-order valence-corrected chi connectivity index (χ1v) is 8.29. The van der Waals surface area contributed by atoms with Crippen LogP contribution in [0.1, 0.15) is 51.0 Å². The summed E-state index contributed by atoms with van der Waals surface area (Å²) < 4.78 is 11.4. The minimum absolute atomic E-state index is 0.535. The molecule has 1 N–H and O–H groups in total. The van der Waals surface area contributed by atoms with Gasteiger partial charge in [0.1, 0.15) is 12.4 Å². The second kappa shape index (κ2) is 9.06. The Balaban J connectivity index is 1.56. The van der Waals surface area contributed by atoms with E-state index >= 15 is 0 Å². The molecule has 1 aromatic rings. The van der Waals surface area contributed by atoms with Gasteiger partial charge in [0.2, 0.25) is 0 Å². The molecule has 0 radical (unpaired) electrons. The maximum absolute atomic E-state index is 5.75. The van der Waals surface area contributed by atoms with Gasteiger partial charge < -0.3 is 14.8 Å². The summed E-state index contributed by atoms with van der Waals surface area (Å²) in [6.45, 7) is 7.67. The van der Waals surface area contributed by atoms with Gasteiger partial charge in [-0.05, 0) is 49.4 Å². The third kappa shape index (κ3) is 6.06. The predicted molar refractivity (Wildman–Crippen MR) is 87.1 cm³/mol. The standard InChI is InChI=1S/C18H29NO2/c1-15(2)16-6-5-8-18(14-16)21-13-12-20-11-9-17-7-3-4-10-19-17/h5-6,8,14-15,17,19H,3-4,7,9-13H2,1-2H3. The van der Waals surface area contributed by atoms with Gasteiger partial charge in [-0.15, -0.1) is 0 Å².